The van der Waals surface area contributed by atoms with Crippen molar-refractivity contribution >= 4 is 11.6 Å². The summed E-state index contributed by atoms with van der Waals surface area (Å²) >= 11 is 0. The molecule has 0 aliphatic carbocycles. The number of rotatable bonds is 8. The van der Waals surface area contributed by atoms with Crippen LogP contribution in [0.15, 0.2) is 29.3 Å². The minimum absolute atomic E-state index is 0.107. The summed E-state index contributed by atoms with van der Waals surface area (Å²) in [6.07, 6.45) is 3.55. The standard InChI is InChI=1S/C16H26N4O2/c1-13(2)7-4-5-10-18-16(17-3)19-12-14-8-6-9-15(11-14)20(21)22/h6,8-9,11,13H,4-5,7,10,12H2,1-3H3,(H2,17,18,19). The van der Waals surface area contributed by atoms with Crippen LogP contribution in [0.5, 0.6) is 0 Å². The fourth-order valence-electron chi connectivity index (χ4n) is 2.07. The maximum atomic E-state index is 10.7. The lowest BCUT2D eigenvalue weighted by atomic mass is 10.1. The second-order valence-corrected chi connectivity index (χ2v) is 5.67. The Morgan fingerprint density at radius 1 is 1.32 bits per heavy atom. The van der Waals surface area contributed by atoms with Crippen molar-refractivity contribution in [3.05, 3.63) is 39.9 Å². The Labute approximate surface area is 132 Å². The molecule has 0 fully saturated rings. The number of nitrogens with one attached hydrogen (secondary N) is 2. The smallest absolute Gasteiger partial charge is 0.269 e. The third-order valence-corrected chi connectivity index (χ3v) is 3.31. The highest BCUT2D eigenvalue weighted by Gasteiger charge is 2.06. The predicted octanol–water partition coefficient (Wildman–Crippen LogP) is 3.09. The summed E-state index contributed by atoms with van der Waals surface area (Å²) in [4.78, 5) is 14.5. The molecule has 2 N–H and O–H groups in total. The Kier molecular flexibility index (Phi) is 7.96. The van der Waals surface area contributed by atoms with Gasteiger partial charge >= 0.3 is 0 Å². The Morgan fingerprint density at radius 3 is 2.73 bits per heavy atom. The highest BCUT2D eigenvalue weighted by Crippen LogP contribution is 2.12. The van der Waals surface area contributed by atoms with Gasteiger partial charge < -0.3 is 10.6 Å². The van der Waals surface area contributed by atoms with E-state index < -0.39 is 0 Å². The van der Waals surface area contributed by atoms with E-state index in [1.54, 1.807) is 19.2 Å². The molecular formula is C16H26N4O2. The van der Waals surface area contributed by atoms with Crippen LogP contribution in [0.2, 0.25) is 0 Å². The molecule has 0 aromatic heterocycles. The van der Waals surface area contributed by atoms with Crippen molar-refractivity contribution in [1.29, 1.82) is 0 Å². The molecule has 0 amide bonds. The number of nitro benzene ring substituents is 1. The van der Waals surface area contributed by atoms with E-state index in [-0.39, 0.29) is 10.6 Å². The zero-order valence-electron chi connectivity index (χ0n) is 13.6. The van der Waals surface area contributed by atoms with Crippen LogP contribution in [-0.2, 0) is 6.54 Å². The number of hydrogen-bond acceptors (Lipinski definition) is 3. The Bertz CT molecular complexity index is 501. The van der Waals surface area contributed by atoms with Gasteiger partial charge in [0.05, 0.1) is 4.92 Å². The van der Waals surface area contributed by atoms with Crippen LogP contribution in [0, 0.1) is 16.0 Å². The van der Waals surface area contributed by atoms with Gasteiger partial charge in [0.2, 0.25) is 0 Å². The van der Waals surface area contributed by atoms with Crippen LogP contribution in [0.25, 0.3) is 0 Å². The highest BCUT2D eigenvalue weighted by molar-refractivity contribution is 5.79. The van der Waals surface area contributed by atoms with Gasteiger partial charge in [0, 0.05) is 32.3 Å². The summed E-state index contributed by atoms with van der Waals surface area (Å²) in [5, 5.41) is 17.2. The van der Waals surface area contributed by atoms with E-state index in [1.807, 2.05) is 6.07 Å². The van der Waals surface area contributed by atoms with Crippen LogP contribution < -0.4 is 10.6 Å². The van der Waals surface area contributed by atoms with Crippen LogP contribution in [0.3, 0.4) is 0 Å². The molecule has 0 unspecified atom stereocenters. The predicted molar refractivity (Wildman–Crippen MR) is 90.0 cm³/mol. The molecule has 0 radical (unpaired) electrons. The first-order valence-electron chi connectivity index (χ1n) is 7.70. The van der Waals surface area contributed by atoms with Gasteiger partial charge in [-0.1, -0.05) is 38.8 Å². The van der Waals surface area contributed by atoms with Crippen molar-refractivity contribution < 1.29 is 4.92 Å². The van der Waals surface area contributed by atoms with Gasteiger partial charge in [0.25, 0.3) is 5.69 Å². The molecule has 0 bridgehead atoms. The van der Waals surface area contributed by atoms with E-state index in [1.165, 1.54) is 18.9 Å². The van der Waals surface area contributed by atoms with Gasteiger partial charge in [-0.05, 0) is 17.9 Å². The van der Waals surface area contributed by atoms with E-state index >= 15 is 0 Å². The zero-order valence-corrected chi connectivity index (χ0v) is 13.6. The monoisotopic (exact) mass is 306 g/mol. The highest BCUT2D eigenvalue weighted by atomic mass is 16.6. The molecular weight excluding hydrogens is 280 g/mol. The summed E-state index contributed by atoms with van der Waals surface area (Å²) in [6.45, 7) is 5.84. The summed E-state index contributed by atoms with van der Waals surface area (Å²) < 4.78 is 0. The fourth-order valence-corrected chi connectivity index (χ4v) is 2.07. The number of aliphatic imine (C=N–C) groups is 1. The molecule has 0 atom stereocenters. The number of nitrogens with zero attached hydrogens (tertiary/aromatic N) is 2. The summed E-state index contributed by atoms with van der Waals surface area (Å²) in [5.74, 6) is 1.46. The molecule has 122 valence electrons. The van der Waals surface area contributed by atoms with Crippen LogP contribution >= 0.6 is 0 Å². The number of hydrogen-bond donors (Lipinski definition) is 2. The van der Waals surface area contributed by atoms with E-state index in [0.29, 0.717) is 6.54 Å². The fraction of sp³-hybridized carbons (Fsp3) is 0.562. The second-order valence-electron chi connectivity index (χ2n) is 5.67. The zero-order chi connectivity index (χ0) is 16.4. The third kappa shape index (κ3) is 7.06. The first-order chi connectivity index (χ1) is 10.5. The molecule has 22 heavy (non-hydrogen) atoms. The average molecular weight is 306 g/mol. The van der Waals surface area contributed by atoms with Gasteiger partial charge in [-0.25, -0.2) is 0 Å². The van der Waals surface area contributed by atoms with Gasteiger partial charge in [-0.15, -0.1) is 0 Å². The second kappa shape index (κ2) is 9.76. The SMILES string of the molecule is CN=C(NCCCCC(C)C)NCc1cccc([N+](=O)[O-])c1. The van der Waals surface area contributed by atoms with Gasteiger partial charge in [0.1, 0.15) is 0 Å². The number of non-ortho nitro benzene ring substituents is 1. The van der Waals surface area contributed by atoms with E-state index in [2.05, 4.69) is 29.5 Å². The quantitative estimate of drug-likeness (QED) is 0.254. The molecule has 1 aromatic carbocycles. The maximum absolute atomic E-state index is 10.7. The first-order valence-corrected chi connectivity index (χ1v) is 7.70. The van der Waals surface area contributed by atoms with Crippen molar-refractivity contribution in [2.45, 2.75) is 39.7 Å². The molecule has 0 aliphatic heterocycles. The Hall–Kier alpha value is -2.11. The van der Waals surface area contributed by atoms with Crippen LogP contribution in [0.4, 0.5) is 5.69 Å². The van der Waals surface area contributed by atoms with E-state index in [0.717, 1.165) is 30.4 Å². The van der Waals surface area contributed by atoms with Crippen LogP contribution in [-0.4, -0.2) is 24.5 Å². The summed E-state index contributed by atoms with van der Waals surface area (Å²) in [6, 6.07) is 6.61. The van der Waals surface area contributed by atoms with Crippen molar-refractivity contribution in [2.75, 3.05) is 13.6 Å². The molecule has 6 nitrogen and oxygen atoms in total. The maximum Gasteiger partial charge on any atom is 0.269 e. The van der Waals surface area contributed by atoms with Gasteiger partial charge in [-0.3, -0.25) is 15.1 Å². The van der Waals surface area contributed by atoms with Crippen molar-refractivity contribution in [3.63, 3.8) is 0 Å². The summed E-state index contributed by atoms with van der Waals surface area (Å²) in [5.41, 5.74) is 0.966. The first kappa shape index (κ1) is 17.9. The number of benzene rings is 1. The Balaban J connectivity index is 2.35. The van der Waals surface area contributed by atoms with Crippen molar-refractivity contribution in [1.82, 2.24) is 10.6 Å². The number of unbranched alkanes of at least 4 members (excludes halogenated alkanes) is 1. The normalized spacial score (nSPS) is 11.5. The number of nitro groups is 1. The molecule has 1 aromatic rings. The minimum Gasteiger partial charge on any atom is -0.356 e. The lowest BCUT2D eigenvalue weighted by Crippen LogP contribution is -2.37. The van der Waals surface area contributed by atoms with Gasteiger partial charge in [0.15, 0.2) is 5.96 Å². The molecule has 6 heteroatoms. The van der Waals surface area contributed by atoms with Gasteiger partial charge in [-0.2, -0.15) is 0 Å². The van der Waals surface area contributed by atoms with E-state index in [4.69, 9.17) is 0 Å². The lowest BCUT2D eigenvalue weighted by Gasteiger charge is -2.12. The minimum atomic E-state index is -0.384. The molecule has 0 aliphatic rings. The van der Waals surface area contributed by atoms with E-state index in [9.17, 15) is 10.1 Å². The van der Waals surface area contributed by atoms with Crippen molar-refractivity contribution in [3.8, 4) is 0 Å². The van der Waals surface area contributed by atoms with Crippen LogP contribution in [0.1, 0.15) is 38.7 Å². The molecule has 0 saturated heterocycles. The molecule has 0 spiro atoms. The lowest BCUT2D eigenvalue weighted by molar-refractivity contribution is -0.384. The largest absolute Gasteiger partial charge is 0.356 e. The average Bonchev–Trinajstić information content (AvgIpc) is 2.50. The third-order valence-electron chi connectivity index (χ3n) is 3.31. The Morgan fingerprint density at radius 2 is 2.09 bits per heavy atom. The molecule has 0 heterocycles. The molecule has 1 rings (SSSR count). The summed E-state index contributed by atoms with van der Waals surface area (Å²) in [7, 11) is 1.72. The topological polar surface area (TPSA) is 79.6 Å². The number of guanidine groups is 1. The molecule has 0 saturated carbocycles. The van der Waals surface area contributed by atoms with Crippen molar-refractivity contribution in [2.24, 2.45) is 10.9 Å².